The maximum Gasteiger partial charge on any atom is 0.274 e. The number of ether oxygens (including phenoxy) is 1. The molecule has 0 aliphatic rings. The van der Waals surface area contributed by atoms with Crippen molar-refractivity contribution in [2.45, 2.75) is 6.54 Å². The summed E-state index contributed by atoms with van der Waals surface area (Å²) in [6.45, 7) is 0.239. The van der Waals surface area contributed by atoms with E-state index in [-0.39, 0.29) is 18.0 Å². The van der Waals surface area contributed by atoms with Crippen molar-refractivity contribution in [3.8, 4) is 5.75 Å². The highest BCUT2D eigenvalue weighted by atomic mass is 19.1. The van der Waals surface area contributed by atoms with Gasteiger partial charge in [-0.3, -0.25) is 10.1 Å². The molecule has 0 radical (unpaired) electrons. The standard InChI is InChI=1S/C14H13FN2O3/c1-20-14-7-6-11(8-12(14)15)16-9-10-4-2-3-5-13(10)17(18)19/h2-8,16H,9H2,1H3. The van der Waals surface area contributed by atoms with Gasteiger partial charge in [-0.05, 0) is 12.1 Å². The van der Waals surface area contributed by atoms with E-state index in [2.05, 4.69) is 5.32 Å². The molecule has 0 unspecified atom stereocenters. The van der Waals surface area contributed by atoms with E-state index in [0.717, 1.165) is 0 Å². The van der Waals surface area contributed by atoms with E-state index in [1.165, 1.54) is 25.3 Å². The Kier molecular flexibility index (Phi) is 4.14. The first-order valence-electron chi connectivity index (χ1n) is 5.91. The summed E-state index contributed by atoms with van der Waals surface area (Å²) in [5.41, 5.74) is 1.10. The van der Waals surface area contributed by atoms with Crippen LogP contribution in [0.1, 0.15) is 5.56 Å². The number of nitro benzene ring substituents is 1. The van der Waals surface area contributed by atoms with Gasteiger partial charge in [-0.25, -0.2) is 4.39 Å². The highest BCUT2D eigenvalue weighted by Gasteiger charge is 2.12. The van der Waals surface area contributed by atoms with Crippen molar-refractivity contribution in [3.05, 3.63) is 64.0 Å². The molecule has 6 heteroatoms. The maximum absolute atomic E-state index is 13.5. The predicted octanol–water partition coefficient (Wildman–Crippen LogP) is 3.35. The molecule has 104 valence electrons. The van der Waals surface area contributed by atoms with E-state index in [9.17, 15) is 14.5 Å². The van der Waals surface area contributed by atoms with Crippen LogP contribution in [0.5, 0.6) is 5.75 Å². The Bertz CT molecular complexity index is 632. The van der Waals surface area contributed by atoms with Crippen molar-refractivity contribution in [3.63, 3.8) is 0 Å². The molecule has 0 bridgehead atoms. The summed E-state index contributed by atoms with van der Waals surface area (Å²) in [6, 6.07) is 10.9. The average Bonchev–Trinajstić information content (AvgIpc) is 2.45. The summed E-state index contributed by atoms with van der Waals surface area (Å²) in [5.74, 6) is -0.332. The SMILES string of the molecule is COc1ccc(NCc2ccccc2[N+](=O)[O-])cc1F. The van der Waals surface area contributed by atoms with Crippen molar-refractivity contribution >= 4 is 11.4 Å². The van der Waals surface area contributed by atoms with Gasteiger partial charge in [-0.1, -0.05) is 18.2 Å². The average molecular weight is 276 g/mol. The van der Waals surface area contributed by atoms with Gasteiger partial charge in [0.25, 0.3) is 5.69 Å². The van der Waals surface area contributed by atoms with E-state index in [0.29, 0.717) is 11.3 Å². The van der Waals surface area contributed by atoms with E-state index < -0.39 is 10.7 Å². The van der Waals surface area contributed by atoms with Gasteiger partial charge in [0, 0.05) is 29.9 Å². The first-order chi connectivity index (χ1) is 9.61. The molecule has 0 aromatic heterocycles. The Labute approximate surface area is 115 Å². The lowest BCUT2D eigenvalue weighted by atomic mass is 10.1. The first kappa shape index (κ1) is 13.8. The number of nitro groups is 1. The number of nitrogens with one attached hydrogen (secondary N) is 1. The van der Waals surface area contributed by atoms with Crippen molar-refractivity contribution < 1.29 is 14.1 Å². The van der Waals surface area contributed by atoms with Crippen LogP contribution in [0.3, 0.4) is 0 Å². The van der Waals surface area contributed by atoms with Crippen molar-refractivity contribution in [2.24, 2.45) is 0 Å². The molecule has 1 N–H and O–H groups in total. The van der Waals surface area contributed by atoms with Crippen LogP contribution in [0, 0.1) is 15.9 Å². The van der Waals surface area contributed by atoms with E-state index in [1.54, 1.807) is 24.3 Å². The van der Waals surface area contributed by atoms with Crippen molar-refractivity contribution in [1.29, 1.82) is 0 Å². The molecule has 2 aromatic carbocycles. The van der Waals surface area contributed by atoms with Crippen LogP contribution in [0.15, 0.2) is 42.5 Å². The van der Waals surface area contributed by atoms with Gasteiger partial charge in [0.2, 0.25) is 0 Å². The number of halogens is 1. The quantitative estimate of drug-likeness (QED) is 0.671. The van der Waals surface area contributed by atoms with Crippen LogP contribution in [-0.2, 0) is 6.54 Å². The number of hydrogen-bond acceptors (Lipinski definition) is 4. The molecule has 5 nitrogen and oxygen atoms in total. The monoisotopic (exact) mass is 276 g/mol. The molecule has 0 saturated heterocycles. The molecule has 20 heavy (non-hydrogen) atoms. The second-order valence-corrected chi connectivity index (χ2v) is 4.09. The van der Waals surface area contributed by atoms with Crippen LogP contribution in [0.2, 0.25) is 0 Å². The smallest absolute Gasteiger partial charge is 0.274 e. The molecule has 0 atom stereocenters. The zero-order valence-corrected chi connectivity index (χ0v) is 10.8. The molecule has 0 aliphatic heterocycles. The van der Waals surface area contributed by atoms with Gasteiger partial charge < -0.3 is 10.1 Å². The minimum absolute atomic E-state index is 0.0361. The summed E-state index contributed by atoms with van der Waals surface area (Å²) in [6.07, 6.45) is 0. The Morgan fingerprint density at radius 2 is 2.05 bits per heavy atom. The molecule has 0 spiro atoms. The first-order valence-corrected chi connectivity index (χ1v) is 5.91. The fourth-order valence-corrected chi connectivity index (χ4v) is 1.81. The second-order valence-electron chi connectivity index (χ2n) is 4.09. The van der Waals surface area contributed by atoms with E-state index >= 15 is 0 Å². The number of rotatable bonds is 5. The lowest BCUT2D eigenvalue weighted by molar-refractivity contribution is -0.385. The van der Waals surface area contributed by atoms with Gasteiger partial charge in [0.1, 0.15) is 0 Å². The highest BCUT2D eigenvalue weighted by molar-refractivity contribution is 5.49. The summed E-state index contributed by atoms with van der Waals surface area (Å²) >= 11 is 0. The Morgan fingerprint density at radius 1 is 1.30 bits per heavy atom. The van der Waals surface area contributed by atoms with Crippen LogP contribution in [-0.4, -0.2) is 12.0 Å². The van der Waals surface area contributed by atoms with Crippen LogP contribution in [0.25, 0.3) is 0 Å². The molecule has 0 amide bonds. The largest absolute Gasteiger partial charge is 0.494 e. The minimum Gasteiger partial charge on any atom is -0.494 e. The van der Waals surface area contributed by atoms with Crippen LogP contribution >= 0.6 is 0 Å². The van der Waals surface area contributed by atoms with E-state index in [1.807, 2.05) is 0 Å². The summed E-state index contributed by atoms with van der Waals surface area (Å²) in [7, 11) is 1.39. The molecule has 2 rings (SSSR count). The lowest BCUT2D eigenvalue weighted by Crippen LogP contribution is -2.03. The third kappa shape index (κ3) is 3.03. The van der Waals surface area contributed by atoms with Crippen LogP contribution in [0.4, 0.5) is 15.8 Å². The number of nitrogens with zero attached hydrogens (tertiary/aromatic N) is 1. The fourth-order valence-electron chi connectivity index (χ4n) is 1.81. The van der Waals surface area contributed by atoms with E-state index in [4.69, 9.17) is 4.74 Å². The number of anilines is 1. The Hall–Kier alpha value is -2.63. The number of methoxy groups -OCH3 is 1. The molecule has 0 aliphatic carbocycles. The van der Waals surface area contributed by atoms with Gasteiger partial charge in [-0.15, -0.1) is 0 Å². The van der Waals surface area contributed by atoms with Gasteiger partial charge >= 0.3 is 0 Å². The molecular weight excluding hydrogens is 263 g/mol. The van der Waals surface area contributed by atoms with Gasteiger partial charge in [0.05, 0.1) is 12.0 Å². The summed E-state index contributed by atoms with van der Waals surface area (Å²) in [5, 5.41) is 13.8. The molecule has 0 heterocycles. The minimum atomic E-state index is -0.486. The fraction of sp³-hybridized carbons (Fsp3) is 0.143. The number of benzene rings is 2. The third-order valence-electron chi connectivity index (χ3n) is 2.82. The normalized spacial score (nSPS) is 10.1. The Balaban J connectivity index is 2.13. The van der Waals surface area contributed by atoms with Crippen molar-refractivity contribution in [2.75, 3.05) is 12.4 Å². The maximum atomic E-state index is 13.5. The Morgan fingerprint density at radius 3 is 2.70 bits per heavy atom. The summed E-state index contributed by atoms with van der Waals surface area (Å²) < 4.78 is 18.3. The van der Waals surface area contributed by atoms with Gasteiger partial charge in [0.15, 0.2) is 11.6 Å². The summed E-state index contributed by atoms with van der Waals surface area (Å²) in [4.78, 5) is 10.4. The zero-order chi connectivity index (χ0) is 14.5. The molecule has 2 aromatic rings. The highest BCUT2D eigenvalue weighted by Crippen LogP contribution is 2.23. The van der Waals surface area contributed by atoms with Crippen molar-refractivity contribution in [1.82, 2.24) is 0 Å². The number of para-hydroxylation sites is 1. The topological polar surface area (TPSA) is 64.4 Å². The van der Waals surface area contributed by atoms with Gasteiger partial charge in [-0.2, -0.15) is 0 Å². The predicted molar refractivity (Wildman–Crippen MR) is 73.4 cm³/mol. The molecule has 0 saturated carbocycles. The second kappa shape index (κ2) is 6.01. The molecule has 0 fully saturated rings. The zero-order valence-electron chi connectivity index (χ0n) is 10.8. The third-order valence-corrected chi connectivity index (χ3v) is 2.82. The number of hydrogen-bond donors (Lipinski definition) is 1. The van der Waals surface area contributed by atoms with Crippen LogP contribution < -0.4 is 10.1 Å². The lowest BCUT2D eigenvalue weighted by Gasteiger charge is -2.08. The molecular formula is C14H13FN2O3.